The van der Waals surface area contributed by atoms with E-state index in [1.54, 1.807) is 23.0 Å². The van der Waals surface area contributed by atoms with E-state index in [1.807, 2.05) is 19.2 Å². The molecule has 4 aromatic rings. The number of nitrogens with zero attached hydrogens (tertiary/aromatic N) is 6. The SMILES string of the molecule is Cn1ncc2c(SCc3noc(-c4ccc(Cl)cc4)n3)ncnc21. The van der Waals surface area contributed by atoms with Crippen molar-refractivity contribution in [3.63, 3.8) is 0 Å². The van der Waals surface area contributed by atoms with E-state index in [4.69, 9.17) is 16.1 Å². The van der Waals surface area contributed by atoms with Gasteiger partial charge in [0.1, 0.15) is 11.4 Å². The van der Waals surface area contributed by atoms with Crippen LogP contribution >= 0.6 is 23.4 Å². The molecule has 0 bridgehead atoms. The fourth-order valence-corrected chi connectivity index (χ4v) is 3.14. The van der Waals surface area contributed by atoms with Crippen LogP contribution < -0.4 is 0 Å². The third kappa shape index (κ3) is 2.85. The Morgan fingerprint density at radius 2 is 2.04 bits per heavy atom. The van der Waals surface area contributed by atoms with E-state index < -0.39 is 0 Å². The number of hydrogen-bond acceptors (Lipinski definition) is 7. The van der Waals surface area contributed by atoms with E-state index in [1.165, 1.54) is 18.1 Å². The lowest BCUT2D eigenvalue weighted by molar-refractivity contribution is 0.425. The standard InChI is InChI=1S/C15H11ClN6OS/c1-22-13-11(6-19-22)15(18-8-17-13)24-7-12-20-14(23-21-12)9-2-4-10(16)5-3-9/h2-6,8H,7H2,1H3. The highest BCUT2D eigenvalue weighted by atomic mass is 35.5. The summed E-state index contributed by atoms with van der Waals surface area (Å²) < 4.78 is 7.02. The number of fused-ring (bicyclic) bond motifs is 1. The molecule has 0 saturated heterocycles. The number of halogens is 1. The molecule has 120 valence electrons. The fraction of sp³-hybridized carbons (Fsp3) is 0.133. The number of benzene rings is 1. The number of aryl methyl sites for hydroxylation is 1. The molecule has 7 nitrogen and oxygen atoms in total. The minimum absolute atomic E-state index is 0.469. The van der Waals surface area contributed by atoms with Gasteiger partial charge < -0.3 is 4.52 Å². The van der Waals surface area contributed by atoms with Gasteiger partial charge in [-0.25, -0.2) is 9.97 Å². The zero-order valence-electron chi connectivity index (χ0n) is 12.5. The first-order valence-electron chi connectivity index (χ1n) is 7.05. The van der Waals surface area contributed by atoms with Crippen LogP contribution in [0, 0.1) is 0 Å². The second kappa shape index (κ2) is 6.21. The Labute approximate surface area is 146 Å². The number of thioether (sulfide) groups is 1. The van der Waals surface area contributed by atoms with E-state index in [2.05, 4.69) is 25.2 Å². The summed E-state index contributed by atoms with van der Waals surface area (Å²) in [7, 11) is 1.85. The summed E-state index contributed by atoms with van der Waals surface area (Å²) in [5, 5.41) is 10.6. The topological polar surface area (TPSA) is 82.5 Å². The molecular weight excluding hydrogens is 348 g/mol. The van der Waals surface area contributed by atoms with Gasteiger partial charge in [-0.05, 0) is 24.3 Å². The Bertz CT molecular complexity index is 997. The Morgan fingerprint density at radius 1 is 1.21 bits per heavy atom. The van der Waals surface area contributed by atoms with Gasteiger partial charge in [-0.3, -0.25) is 4.68 Å². The Hall–Kier alpha value is -2.45. The van der Waals surface area contributed by atoms with Crippen LogP contribution in [0.15, 0.2) is 46.3 Å². The third-order valence-electron chi connectivity index (χ3n) is 3.39. The van der Waals surface area contributed by atoms with Crippen LogP contribution in [0.5, 0.6) is 0 Å². The fourth-order valence-electron chi connectivity index (χ4n) is 2.21. The lowest BCUT2D eigenvalue weighted by Crippen LogP contribution is -1.93. The minimum atomic E-state index is 0.469. The smallest absolute Gasteiger partial charge is 0.257 e. The van der Waals surface area contributed by atoms with Crippen molar-refractivity contribution in [3.05, 3.63) is 47.6 Å². The molecule has 1 aromatic carbocycles. The first kappa shape index (κ1) is 15.1. The summed E-state index contributed by atoms with van der Waals surface area (Å²) in [6.45, 7) is 0. The van der Waals surface area contributed by atoms with E-state index in [-0.39, 0.29) is 0 Å². The van der Waals surface area contributed by atoms with Gasteiger partial charge in [-0.1, -0.05) is 28.5 Å². The molecular formula is C15H11ClN6OS. The minimum Gasteiger partial charge on any atom is -0.334 e. The van der Waals surface area contributed by atoms with Crippen LogP contribution in [-0.2, 0) is 12.8 Å². The molecule has 0 N–H and O–H groups in total. The Balaban J connectivity index is 1.53. The number of rotatable bonds is 4. The predicted molar refractivity (Wildman–Crippen MR) is 90.6 cm³/mol. The van der Waals surface area contributed by atoms with Crippen LogP contribution in [0.25, 0.3) is 22.5 Å². The van der Waals surface area contributed by atoms with Gasteiger partial charge in [0.2, 0.25) is 0 Å². The average Bonchev–Trinajstić information content (AvgIpc) is 3.21. The first-order chi connectivity index (χ1) is 11.7. The maximum Gasteiger partial charge on any atom is 0.257 e. The molecule has 3 heterocycles. The van der Waals surface area contributed by atoms with Crippen LogP contribution in [0.2, 0.25) is 5.02 Å². The second-order valence-electron chi connectivity index (χ2n) is 5.00. The van der Waals surface area contributed by atoms with Crippen LogP contribution in [-0.4, -0.2) is 29.9 Å². The molecule has 0 unspecified atom stereocenters. The van der Waals surface area contributed by atoms with Gasteiger partial charge in [-0.2, -0.15) is 10.1 Å². The van der Waals surface area contributed by atoms with Gasteiger partial charge in [0.25, 0.3) is 5.89 Å². The molecule has 24 heavy (non-hydrogen) atoms. The van der Waals surface area contributed by atoms with Crippen LogP contribution in [0.3, 0.4) is 0 Å². The highest BCUT2D eigenvalue weighted by Crippen LogP contribution is 2.27. The normalized spacial score (nSPS) is 11.2. The average molecular weight is 359 g/mol. The van der Waals surface area contributed by atoms with Gasteiger partial charge >= 0.3 is 0 Å². The summed E-state index contributed by atoms with van der Waals surface area (Å²) in [5.41, 5.74) is 1.63. The lowest BCUT2D eigenvalue weighted by atomic mass is 10.2. The molecule has 0 fully saturated rings. The van der Waals surface area contributed by atoms with Crippen molar-refractivity contribution in [2.45, 2.75) is 10.8 Å². The molecule has 0 atom stereocenters. The molecule has 4 rings (SSSR count). The molecule has 0 amide bonds. The number of aromatic nitrogens is 6. The van der Waals surface area contributed by atoms with Crippen molar-refractivity contribution >= 4 is 34.4 Å². The first-order valence-corrected chi connectivity index (χ1v) is 8.41. The summed E-state index contributed by atoms with van der Waals surface area (Å²) in [5.74, 6) is 1.61. The van der Waals surface area contributed by atoms with Gasteiger partial charge in [-0.15, -0.1) is 0 Å². The molecule has 0 saturated carbocycles. The summed E-state index contributed by atoms with van der Waals surface area (Å²) in [4.78, 5) is 12.9. The van der Waals surface area contributed by atoms with Gasteiger partial charge in [0, 0.05) is 17.6 Å². The summed E-state index contributed by atoms with van der Waals surface area (Å²) in [6.07, 6.45) is 3.29. The van der Waals surface area contributed by atoms with Crippen molar-refractivity contribution in [1.82, 2.24) is 29.9 Å². The molecule has 0 spiro atoms. The predicted octanol–water partition coefficient (Wildman–Crippen LogP) is 3.36. The van der Waals surface area contributed by atoms with E-state index >= 15 is 0 Å². The van der Waals surface area contributed by atoms with E-state index in [9.17, 15) is 0 Å². The molecule has 0 aliphatic heterocycles. The van der Waals surface area contributed by atoms with Gasteiger partial charge in [0.05, 0.1) is 17.3 Å². The third-order valence-corrected chi connectivity index (χ3v) is 4.64. The zero-order valence-corrected chi connectivity index (χ0v) is 14.1. The van der Waals surface area contributed by atoms with Crippen molar-refractivity contribution in [1.29, 1.82) is 0 Å². The highest BCUT2D eigenvalue weighted by molar-refractivity contribution is 7.98. The summed E-state index contributed by atoms with van der Waals surface area (Å²) >= 11 is 7.40. The highest BCUT2D eigenvalue weighted by Gasteiger charge is 2.12. The second-order valence-corrected chi connectivity index (χ2v) is 6.40. The Kier molecular flexibility index (Phi) is 3.91. The van der Waals surface area contributed by atoms with Crippen molar-refractivity contribution in [3.8, 4) is 11.5 Å². The number of hydrogen-bond donors (Lipinski definition) is 0. The molecule has 0 radical (unpaired) electrons. The molecule has 9 heteroatoms. The maximum absolute atomic E-state index is 5.88. The monoisotopic (exact) mass is 358 g/mol. The summed E-state index contributed by atoms with van der Waals surface area (Å²) in [6, 6.07) is 7.26. The van der Waals surface area contributed by atoms with Gasteiger partial charge in [0.15, 0.2) is 11.5 Å². The largest absolute Gasteiger partial charge is 0.334 e. The van der Waals surface area contributed by atoms with E-state index in [0.717, 1.165) is 21.6 Å². The van der Waals surface area contributed by atoms with Crippen LogP contribution in [0.4, 0.5) is 0 Å². The Morgan fingerprint density at radius 3 is 2.88 bits per heavy atom. The quantitative estimate of drug-likeness (QED) is 0.408. The van der Waals surface area contributed by atoms with E-state index in [0.29, 0.717) is 22.5 Å². The maximum atomic E-state index is 5.88. The van der Waals surface area contributed by atoms with Crippen molar-refractivity contribution in [2.24, 2.45) is 7.05 Å². The van der Waals surface area contributed by atoms with Crippen molar-refractivity contribution in [2.75, 3.05) is 0 Å². The molecule has 0 aliphatic carbocycles. The molecule has 0 aliphatic rings. The zero-order chi connectivity index (χ0) is 16.5. The lowest BCUT2D eigenvalue weighted by Gasteiger charge is -1.99. The molecule has 3 aromatic heterocycles. The van der Waals surface area contributed by atoms with Crippen molar-refractivity contribution < 1.29 is 4.52 Å². The van der Waals surface area contributed by atoms with Crippen LogP contribution in [0.1, 0.15) is 5.82 Å².